The van der Waals surface area contributed by atoms with E-state index in [2.05, 4.69) is 4.74 Å². The molecule has 0 heterocycles. The van der Waals surface area contributed by atoms with Gasteiger partial charge in [0.1, 0.15) is 0 Å². The number of hydrogen-bond acceptors (Lipinski definition) is 6. The fourth-order valence-electron chi connectivity index (χ4n) is 3.23. The molecule has 1 amide bonds. The second-order valence-corrected chi connectivity index (χ2v) is 6.47. The summed E-state index contributed by atoms with van der Waals surface area (Å²) in [6.45, 7) is 5.75. The van der Waals surface area contributed by atoms with Crippen LogP contribution in [-0.2, 0) is 23.8 Å². The van der Waals surface area contributed by atoms with Crippen LogP contribution < -0.4 is 5.73 Å². The molecule has 7 heteroatoms. The minimum Gasteiger partial charge on any atom is -0.469 e. The average molecular weight is 358 g/mol. The van der Waals surface area contributed by atoms with Gasteiger partial charge in [0.2, 0.25) is 5.91 Å². The molecule has 25 heavy (non-hydrogen) atoms. The number of carbonyl (C=O) groups is 2. The minimum absolute atomic E-state index is 0.121. The predicted molar refractivity (Wildman–Crippen MR) is 94.8 cm³/mol. The molecule has 0 spiro atoms. The number of carbonyl (C=O) groups excluding carboxylic acids is 2. The van der Waals surface area contributed by atoms with Gasteiger partial charge in [-0.25, -0.2) is 0 Å². The van der Waals surface area contributed by atoms with Crippen LogP contribution in [0.25, 0.3) is 0 Å². The van der Waals surface area contributed by atoms with Gasteiger partial charge in [0, 0.05) is 19.8 Å². The maximum absolute atomic E-state index is 12.8. The van der Waals surface area contributed by atoms with E-state index in [4.69, 9.17) is 15.2 Å². The van der Waals surface area contributed by atoms with Crippen molar-refractivity contribution < 1.29 is 23.8 Å². The van der Waals surface area contributed by atoms with Crippen LogP contribution in [-0.4, -0.2) is 62.5 Å². The first-order valence-corrected chi connectivity index (χ1v) is 9.36. The molecule has 0 saturated heterocycles. The molecule has 7 nitrogen and oxygen atoms in total. The van der Waals surface area contributed by atoms with Crippen molar-refractivity contribution in [3.05, 3.63) is 0 Å². The van der Waals surface area contributed by atoms with E-state index in [1.165, 1.54) is 26.4 Å². The van der Waals surface area contributed by atoms with Gasteiger partial charge in [-0.3, -0.25) is 9.59 Å². The van der Waals surface area contributed by atoms with Gasteiger partial charge in [-0.2, -0.15) is 0 Å². The third kappa shape index (κ3) is 8.16. The van der Waals surface area contributed by atoms with Gasteiger partial charge in [-0.15, -0.1) is 0 Å². The molecule has 1 fully saturated rings. The van der Waals surface area contributed by atoms with Crippen LogP contribution in [0, 0.1) is 5.92 Å². The van der Waals surface area contributed by atoms with E-state index in [0.29, 0.717) is 32.2 Å². The molecule has 2 N–H and O–H groups in total. The number of methoxy groups -OCH3 is 1. The van der Waals surface area contributed by atoms with Crippen molar-refractivity contribution in [2.45, 2.75) is 64.7 Å². The SMILES string of the molecule is CCOC(CN(CC1CCCCC1)C(=O)[C@@H](N)CC(=O)OC)OCC. The molecule has 1 atom stereocenters. The molecule has 0 unspecified atom stereocenters. The average Bonchev–Trinajstić information content (AvgIpc) is 2.61. The van der Waals surface area contributed by atoms with Crippen LogP contribution in [0.3, 0.4) is 0 Å². The molecule has 1 rings (SSSR count). The molecule has 0 radical (unpaired) electrons. The van der Waals surface area contributed by atoms with Crippen LogP contribution in [0.5, 0.6) is 0 Å². The lowest BCUT2D eigenvalue weighted by molar-refractivity contribution is -0.161. The van der Waals surface area contributed by atoms with Crippen molar-refractivity contribution >= 4 is 11.9 Å². The Bertz CT molecular complexity index is 393. The van der Waals surface area contributed by atoms with E-state index in [-0.39, 0.29) is 12.3 Å². The van der Waals surface area contributed by atoms with E-state index in [1.807, 2.05) is 13.8 Å². The van der Waals surface area contributed by atoms with Crippen molar-refractivity contribution in [2.75, 3.05) is 33.4 Å². The summed E-state index contributed by atoms with van der Waals surface area (Å²) < 4.78 is 15.8. The Morgan fingerprint density at radius 3 is 2.24 bits per heavy atom. The molecule has 1 aliphatic carbocycles. The summed E-state index contributed by atoms with van der Waals surface area (Å²) in [5, 5.41) is 0. The smallest absolute Gasteiger partial charge is 0.307 e. The number of nitrogens with zero attached hydrogens (tertiary/aromatic N) is 1. The van der Waals surface area contributed by atoms with E-state index in [1.54, 1.807) is 4.90 Å². The Hall–Kier alpha value is -1.18. The topological polar surface area (TPSA) is 91.1 Å². The Balaban J connectivity index is 2.76. The maximum atomic E-state index is 12.8. The third-order valence-corrected chi connectivity index (χ3v) is 4.52. The lowest BCUT2D eigenvalue weighted by Crippen LogP contribution is -2.50. The van der Waals surface area contributed by atoms with Crippen molar-refractivity contribution in [2.24, 2.45) is 11.7 Å². The predicted octanol–water partition coefficient (Wildman–Crippen LogP) is 1.68. The fraction of sp³-hybridized carbons (Fsp3) is 0.889. The van der Waals surface area contributed by atoms with Gasteiger partial charge in [0.05, 0.1) is 26.1 Å². The van der Waals surface area contributed by atoms with Crippen LogP contribution in [0.2, 0.25) is 0 Å². The van der Waals surface area contributed by atoms with Gasteiger partial charge in [-0.05, 0) is 32.6 Å². The highest BCUT2D eigenvalue weighted by Gasteiger charge is 2.28. The number of amides is 1. The van der Waals surface area contributed by atoms with Gasteiger partial charge in [0.25, 0.3) is 0 Å². The lowest BCUT2D eigenvalue weighted by Gasteiger charge is -2.33. The Morgan fingerprint density at radius 2 is 1.72 bits per heavy atom. The van der Waals surface area contributed by atoms with Crippen molar-refractivity contribution in [3.63, 3.8) is 0 Å². The summed E-state index contributed by atoms with van der Waals surface area (Å²) in [4.78, 5) is 25.9. The first kappa shape index (κ1) is 21.9. The monoisotopic (exact) mass is 358 g/mol. The normalized spacial score (nSPS) is 16.7. The molecular weight excluding hydrogens is 324 g/mol. The molecule has 0 bridgehead atoms. The molecule has 0 aromatic rings. The summed E-state index contributed by atoms with van der Waals surface area (Å²) >= 11 is 0. The van der Waals surface area contributed by atoms with Crippen molar-refractivity contribution in [1.29, 1.82) is 0 Å². The first-order chi connectivity index (χ1) is 12.0. The van der Waals surface area contributed by atoms with E-state index >= 15 is 0 Å². The van der Waals surface area contributed by atoms with Gasteiger partial charge < -0.3 is 24.8 Å². The maximum Gasteiger partial charge on any atom is 0.307 e. The van der Waals surface area contributed by atoms with Crippen molar-refractivity contribution in [3.8, 4) is 0 Å². The summed E-state index contributed by atoms with van der Waals surface area (Å²) in [6.07, 6.45) is 5.28. The summed E-state index contributed by atoms with van der Waals surface area (Å²) in [6, 6.07) is -0.903. The largest absolute Gasteiger partial charge is 0.469 e. The van der Waals surface area contributed by atoms with Gasteiger partial charge >= 0.3 is 5.97 Å². The second kappa shape index (κ2) is 12.2. The Morgan fingerprint density at radius 1 is 1.12 bits per heavy atom. The number of hydrogen-bond donors (Lipinski definition) is 1. The third-order valence-electron chi connectivity index (χ3n) is 4.52. The highest BCUT2D eigenvalue weighted by molar-refractivity contribution is 5.86. The highest BCUT2D eigenvalue weighted by Crippen LogP contribution is 2.25. The molecule has 1 saturated carbocycles. The zero-order chi connectivity index (χ0) is 18.7. The van der Waals surface area contributed by atoms with Crippen LogP contribution in [0.15, 0.2) is 0 Å². The number of nitrogens with two attached hydrogens (primary N) is 1. The van der Waals surface area contributed by atoms with E-state index in [0.717, 1.165) is 12.8 Å². The molecule has 146 valence electrons. The summed E-state index contributed by atoms with van der Waals surface area (Å²) in [5.41, 5.74) is 5.95. The molecule has 0 aliphatic heterocycles. The lowest BCUT2D eigenvalue weighted by atomic mass is 9.89. The zero-order valence-electron chi connectivity index (χ0n) is 15.9. The van der Waals surface area contributed by atoms with Crippen LogP contribution in [0.4, 0.5) is 0 Å². The minimum atomic E-state index is -0.903. The molecule has 1 aliphatic rings. The highest BCUT2D eigenvalue weighted by atomic mass is 16.7. The van der Waals surface area contributed by atoms with Crippen molar-refractivity contribution in [1.82, 2.24) is 4.90 Å². The standard InChI is InChI=1S/C18H34N2O5/c1-4-24-17(25-5-2)13-20(12-14-9-7-6-8-10-14)18(22)15(19)11-16(21)23-3/h14-15,17H,4-13,19H2,1-3H3/t15-/m0/s1. The summed E-state index contributed by atoms with van der Waals surface area (Å²) in [5.74, 6) is -0.267. The zero-order valence-corrected chi connectivity index (χ0v) is 15.9. The number of ether oxygens (including phenoxy) is 3. The van der Waals surface area contributed by atoms with Gasteiger partial charge in [-0.1, -0.05) is 19.3 Å². The number of esters is 1. The number of rotatable bonds is 11. The quantitative estimate of drug-likeness (QED) is 0.446. The second-order valence-electron chi connectivity index (χ2n) is 6.47. The van der Waals surface area contributed by atoms with Gasteiger partial charge in [0.15, 0.2) is 6.29 Å². The summed E-state index contributed by atoms with van der Waals surface area (Å²) in [7, 11) is 1.29. The van der Waals surface area contributed by atoms with E-state index in [9.17, 15) is 9.59 Å². The molecule has 0 aromatic heterocycles. The first-order valence-electron chi connectivity index (χ1n) is 9.36. The Labute approximate surface area is 151 Å². The van der Waals surface area contributed by atoms with Crippen LogP contribution >= 0.6 is 0 Å². The fourth-order valence-corrected chi connectivity index (χ4v) is 3.23. The molecule has 0 aromatic carbocycles. The van der Waals surface area contributed by atoms with E-state index < -0.39 is 18.3 Å². The Kier molecular flexibility index (Phi) is 10.7. The molecular formula is C18H34N2O5. The van der Waals surface area contributed by atoms with Crippen LogP contribution in [0.1, 0.15) is 52.4 Å².